The van der Waals surface area contributed by atoms with E-state index in [0.717, 1.165) is 24.4 Å². The minimum Gasteiger partial charge on any atom is -0.396 e. The van der Waals surface area contributed by atoms with Gasteiger partial charge in [-0.3, -0.25) is 9.58 Å². The van der Waals surface area contributed by atoms with Crippen LogP contribution in [0.4, 0.5) is 0 Å². The third kappa shape index (κ3) is 3.13. The van der Waals surface area contributed by atoms with Crippen LogP contribution in [-0.4, -0.2) is 45.4 Å². The Kier molecular flexibility index (Phi) is 4.72. The highest BCUT2D eigenvalue weighted by Gasteiger charge is 2.30. The summed E-state index contributed by atoms with van der Waals surface area (Å²) >= 11 is 0. The van der Waals surface area contributed by atoms with Gasteiger partial charge in [0, 0.05) is 39.2 Å². The zero-order chi connectivity index (χ0) is 16.2. The predicted octanol–water partition coefficient (Wildman–Crippen LogP) is 1.29. The summed E-state index contributed by atoms with van der Waals surface area (Å²) < 4.78 is 1.88. The first-order valence-electron chi connectivity index (χ1n) is 7.89. The van der Waals surface area contributed by atoms with Gasteiger partial charge in [0.25, 0.3) is 0 Å². The van der Waals surface area contributed by atoms with Crippen LogP contribution in [0.5, 0.6) is 0 Å². The second kappa shape index (κ2) is 6.92. The van der Waals surface area contributed by atoms with Gasteiger partial charge in [0.2, 0.25) is 0 Å². The van der Waals surface area contributed by atoms with E-state index >= 15 is 0 Å². The van der Waals surface area contributed by atoms with Gasteiger partial charge in [-0.25, -0.2) is 4.79 Å². The Hall–Kier alpha value is -2.20. The maximum atomic E-state index is 10.6. The molecule has 5 heteroatoms. The highest BCUT2D eigenvalue weighted by molar-refractivity contribution is 5.46. The summed E-state index contributed by atoms with van der Waals surface area (Å²) in [4.78, 5) is 12.9. The highest BCUT2D eigenvalue weighted by Crippen LogP contribution is 2.35. The third-order valence-corrected chi connectivity index (χ3v) is 4.41. The molecule has 0 aliphatic carbocycles. The number of aromatic nitrogens is 2. The van der Waals surface area contributed by atoms with Gasteiger partial charge >= 0.3 is 0 Å². The zero-order valence-electron chi connectivity index (χ0n) is 13.3. The van der Waals surface area contributed by atoms with E-state index in [-0.39, 0.29) is 12.6 Å². The van der Waals surface area contributed by atoms with E-state index in [1.54, 1.807) is 0 Å². The predicted molar refractivity (Wildman–Crippen MR) is 87.8 cm³/mol. The molecular formula is C18H21N3O2. The molecule has 1 N–H and O–H groups in total. The van der Waals surface area contributed by atoms with Crippen molar-refractivity contribution in [1.82, 2.24) is 14.7 Å². The number of rotatable bonds is 5. The summed E-state index contributed by atoms with van der Waals surface area (Å²) in [5.41, 5.74) is 4.57. The topological polar surface area (TPSA) is 58.4 Å². The summed E-state index contributed by atoms with van der Waals surface area (Å²) in [5.74, 6) is 1.88. The fourth-order valence-electron chi connectivity index (χ4n) is 3.35. The second-order valence-electron chi connectivity index (χ2n) is 5.83. The van der Waals surface area contributed by atoms with Crippen LogP contribution in [0.3, 0.4) is 0 Å². The average Bonchev–Trinajstić information content (AvgIpc) is 2.92. The molecule has 1 unspecified atom stereocenters. The molecule has 1 aliphatic heterocycles. The normalized spacial score (nSPS) is 17.6. The van der Waals surface area contributed by atoms with Crippen molar-refractivity contribution in [3.8, 4) is 0 Å². The van der Waals surface area contributed by atoms with Gasteiger partial charge in [-0.2, -0.15) is 5.10 Å². The summed E-state index contributed by atoms with van der Waals surface area (Å²) in [6, 6.07) is 10.6. The number of benzene rings is 1. The molecule has 2 heterocycles. The van der Waals surface area contributed by atoms with Gasteiger partial charge < -0.3 is 5.11 Å². The lowest BCUT2D eigenvalue weighted by atomic mass is 9.90. The molecule has 2 aromatic rings. The monoisotopic (exact) mass is 311 g/mol. The molecule has 1 aliphatic rings. The van der Waals surface area contributed by atoms with Crippen LogP contribution in [0.1, 0.15) is 28.6 Å². The van der Waals surface area contributed by atoms with Crippen molar-refractivity contribution >= 4 is 5.94 Å². The van der Waals surface area contributed by atoms with E-state index < -0.39 is 0 Å². The molecule has 0 spiro atoms. The number of aryl methyl sites for hydroxylation is 1. The summed E-state index contributed by atoms with van der Waals surface area (Å²) in [5, 5.41) is 13.7. The molecule has 0 bridgehead atoms. The number of carbonyl (C=O) groups excluding carboxylic acids is 1. The quantitative estimate of drug-likeness (QED) is 0.846. The molecule has 0 radical (unpaired) electrons. The largest absolute Gasteiger partial charge is 0.396 e. The number of aliphatic hydroxyl groups excluding tert-OH is 1. The molecule has 23 heavy (non-hydrogen) atoms. The number of nitrogens with zero attached hydrogens (tertiary/aromatic N) is 3. The Balaban J connectivity index is 2.05. The van der Waals surface area contributed by atoms with Gasteiger partial charge in [-0.15, -0.1) is 0 Å². The van der Waals surface area contributed by atoms with Crippen molar-refractivity contribution in [3.05, 3.63) is 58.9 Å². The van der Waals surface area contributed by atoms with Gasteiger partial charge in [0.1, 0.15) is 5.94 Å². The first-order chi connectivity index (χ1) is 11.2. The summed E-state index contributed by atoms with van der Waals surface area (Å²) in [6.45, 7) is 1.55. The fourth-order valence-corrected chi connectivity index (χ4v) is 3.35. The number of fused-ring (bicyclic) bond motifs is 1. The number of aliphatic hydroxyl groups is 1. The maximum absolute atomic E-state index is 10.6. The van der Waals surface area contributed by atoms with Crippen molar-refractivity contribution in [3.63, 3.8) is 0 Å². The Morgan fingerprint density at radius 2 is 2.26 bits per heavy atom. The molecule has 0 saturated carbocycles. The first kappa shape index (κ1) is 15.7. The molecule has 0 saturated heterocycles. The molecule has 0 amide bonds. The SMILES string of the molecule is Cn1nc(CCO)cc1C1c2ccccc2CCN1CC=C=O. The van der Waals surface area contributed by atoms with E-state index in [4.69, 9.17) is 5.11 Å². The maximum Gasteiger partial charge on any atom is 0.121 e. The van der Waals surface area contributed by atoms with Gasteiger partial charge in [-0.1, -0.05) is 24.3 Å². The second-order valence-corrected chi connectivity index (χ2v) is 5.83. The van der Waals surface area contributed by atoms with Crippen LogP contribution < -0.4 is 0 Å². The third-order valence-electron chi connectivity index (χ3n) is 4.41. The van der Waals surface area contributed by atoms with E-state index in [1.165, 1.54) is 17.2 Å². The van der Waals surface area contributed by atoms with Crippen molar-refractivity contribution < 1.29 is 9.90 Å². The van der Waals surface area contributed by atoms with E-state index in [1.807, 2.05) is 17.7 Å². The minimum atomic E-state index is 0.0643. The van der Waals surface area contributed by atoms with E-state index in [0.29, 0.717) is 13.0 Å². The molecule has 0 fully saturated rings. The minimum absolute atomic E-state index is 0.0643. The van der Waals surface area contributed by atoms with Gasteiger partial charge in [-0.05, 0) is 23.6 Å². The van der Waals surface area contributed by atoms with Crippen molar-refractivity contribution in [1.29, 1.82) is 0 Å². The fraction of sp³-hybridized carbons (Fsp3) is 0.389. The number of hydrogen-bond donors (Lipinski definition) is 1. The first-order valence-corrected chi connectivity index (χ1v) is 7.89. The lowest BCUT2D eigenvalue weighted by Gasteiger charge is -2.36. The number of hydrogen-bond acceptors (Lipinski definition) is 4. The standard InChI is InChI=1S/C18H21N3O2/c1-20-17(13-15(19-20)8-12-23)18-16-6-3-2-5-14(16)7-10-21(18)9-4-11-22/h2-6,13,18,23H,7-10,12H2,1H3. The van der Waals surface area contributed by atoms with Crippen LogP contribution in [0.2, 0.25) is 0 Å². The molecular weight excluding hydrogens is 290 g/mol. The van der Waals surface area contributed by atoms with Crippen LogP contribution in [-0.2, 0) is 24.7 Å². The van der Waals surface area contributed by atoms with Crippen molar-refractivity contribution in [2.24, 2.45) is 7.05 Å². The molecule has 5 nitrogen and oxygen atoms in total. The smallest absolute Gasteiger partial charge is 0.121 e. The van der Waals surface area contributed by atoms with Crippen molar-refractivity contribution in [2.45, 2.75) is 18.9 Å². The lowest BCUT2D eigenvalue weighted by Crippen LogP contribution is -2.37. The highest BCUT2D eigenvalue weighted by atomic mass is 16.3. The molecule has 120 valence electrons. The van der Waals surface area contributed by atoms with E-state index in [2.05, 4.69) is 40.3 Å². The van der Waals surface area contributed by atoms with E-state index in [9.17, 15) is 4.79 Å². The Labute approximate surface area is 135 Å². The van der Waals surface area contributed by atoms with Crippen LogP contribution >= 0.6 is 0 Å². The Morgan fingerprint density at radius 3 is 3.04 bits per heavy atom. The van der Waals surface area contributed by atoms with Crippen LogP contribution in [0, 0.1) is 0 Å². The molecule has 1 aromatic carbocycles. The van der Waals surface area contributed by atoms with Gasteiger partial charge in [0.15, 0.2) is 0 Å². The van der Waals surface area contributed by atoms with Crippen LogP contribution in [0.15, 0.2) is 36.4 Å². The zero-order valence-corrected chi connectivity index (χ0v) is 13.3. The molecule has 1 atom stereocenters. The molecule has 1 aromatic heterocycles. The summed E-state index contributed by atoms with van der Waals surface area (Å²) in [6.07, 6.45) is 3.06. The average molecular weight is 311 g/mol. The lowest BCUT2D eigenvalue weighted by molar-refractivity contribution is 0.229. The molecule has 3 rings (SSSR count). The van der Waals surface area contributed by atoms with Gasteiger partial charge in [0.05, 0.1) is 17.4 Å². The van der Waals surface area contributed by atoms with Crippen LogP contribution in [0.25, 0.3) is 0 Å². The van der Waals surface area contributed by atoms with Crippen molar-refractivity contribution in [2.75, 3.05) is 19.7 Å². The Bertz CT molecular complexity index is 732. The summed E-state index contributed by atoms with van der Waals surface area (Å²) in [7, 11) is 1.93. The Morgan fingerprint density at radius 1 is 1.43 bits per heavy atom.